The summed E-state index contributed by atoms with van der Waals surface area (Å²) in [6, 6.07) is 5.43. The van der Waals surface area contributed by atoms with Crippen LogP contribution in [0.2, 0.25) is 0 Å². The average Bonchev–Trinajstić information content (AvgIpc) is 3.17. The normalized spacial score (nSPS) is 14.4. The number of halogens is 1. The number of carbonyl (C=O) groups is 1. The highest BCUT2D eigenvalue weighted by atomic mass is 79.9. The molecule has 0 radical (unpaired) electrons. The quantitative estimate of drug-likeness (QED) is 0.589. The maximum atomic E-state index is 11.9. The van der Waals surface area contributed by atoms with Crippen LogP contribution in [0.1, 0.15) is 29.6 Å². The monoisotopic (exact) mass is 343 g/mol. The zero-order valence-corrected chi connectivity index (χ0v) is 13.2. The van der Waals surface area contributed by atoms with E-state index >= 15 is 0 Å². The van der Waals surface area contributed by atoms with Crippen LogP contribution in [0.25, 0.3) is 0 Å². The van der Waals surface area contributed by atoms with E-state index in [1.165, 1.54) is 12.8 Å². The Morgan fingerprint density at radius 1 is 1.47 bits per heavy atom. The SMILES string of the molecule is O=C(NCCCOCC1CC1)c1ccc(Br)cc1S. The van der Waals surface area contributed by atoms with Gasteiger partial charge in [0.1, 0.15) is 0 Å². The van der Waals surface area contributed by atoms with Crippen LogP contribution in [-0.2, 0) is 4.74 Å². The Balaban J connectivity index is 1.65. The van der Waals surface area contributed by atoms with Gasteiger partial charge in [0, 0.05) is 29.1 Å². The van der Waals surface area contributed by atoms with E-state index in [0.717, 1.165) is 23.4 Å². The molecule has 0 aromatic heterocycles. The van der Waals surface area contributed by atoms with E-state index in [2.05, 4.69) is 33.9 Å². The average molecular weight is 344 g/mol. The van der Waals surface area contributed by atoms with Crippen LogP contribution >= 0.6 is 28.6 Å². The van der Waals surface area contributed by atoms with E-state index in [-0.39, 0.29) is 5.91 Å². The molecule has 1 aromatic rings. The van der Waals surface area contributed by atoms with Crippen molar-refractivity contribution in [3.05, 3.63) is 28.2 Å². The van der Waals surface area contributed by atoms with Gasteiger partial charge in [0.25, 0.3) is 5.91 Å². The second kappa shape index (κ2) is 7.31. The number of benzene rings is 1. The summed E-state index contributed by atoms with van der Waals surface area (Å²) in [5.74, 6) is 0.712. The number of ether oxygens (including phenoxy) is 1. The van der Waals surface area contributed by atoms with Crippen molar-refractivity contribution in [3.8, 4) is 0 Å². The van der Waals surface area contributed by atoms with Gasteiger partial charge in [-0.3, -0.25) is 4.79 Å². The van der Waals surface area contributed by atoms with Gasteiger partial charge in [-0.2, -0.15) is 0 Å². The van der Waals surface area contributed by atoms with Crippen LogP contribution in [0.5, 0.6) is 0 Å². The third kappa shape index (κ3) is 5.16. The largest absolute Gasteiger partial charge is 0.381 e. The van der Waals surface area contributed by atoms with Gasteiger partial charge in [-0.15, -0.1) is 12.6 Å². The van der Waals surface area contributed by atoms with E-state index in [1.807, 2.05) is 12.1 Å². The van der Waals surface area contributed by atoms with Crippen molar-refractivity contribution >= 4 is 34.5 Å². The lowest BCUT2D eigenvalue weighted by molar-refractivity contribution is 0.0934. The predicted octanol–water partition coefficient (Wildman–Crippen LogP) is 3.28. The summed E-state index contributed by atoms with van der Waals surface area (Å²) in [4.78, 5) is 12.6. The van der Waals surface area contributed by atoms with Crippen LogP contribution in [0, 0.1) is 5.92 Å². The molecule has 19 heavy (non-hydrogen) atoms. The molecule has 0 heterocycles. The highest BCUT2D eigenvalue weighted by Gasteiger charge is 2.20. The third-order valence-corrected chi connectivity index (χ3v) is 3.87. The smallest absolute Gasteiger partial charge is 0.252 e. The van der Waals surface area contributed by atoms with Gasteiger partial charge in [-0.1, -0.05) is 15.9 Å². The van der Waals surface area contributed by atoms with Crippen molar-refractivity contribution < 1.29 is 9.53 Å². The van der Waals surface area contributed by atoms with E-state index < -0.39 is 0 Å². The summed E-state index contributed by atoms with van der Waals surface area (Å²) in [6.45, 7) is 2.22. The molecule has 0 aliphatic heterocycles. The van der Waals surface area contributed by atoms with E-state index in [4.69, 9.17) is 4.74 Å². The molecule has 5 heteroatoms. The Morgan fingerprint density at radius 2 is 2.26 bits per heavy atom. The minimum atomic E-state index is -0.0836. The molecule has 1 amide bonds. The number of hydrogen-bond acceptors (Lipinski definition) is 3. The molecule has 1 fully saturated rings. The van der Waals surface area contributed by atoms with Crippen molar-refractivity contribution in [1.82, 2.24) is 5.32 Å². The van der Waals surface area contributed by atoms with Crippen LogP contribution < -0.4 is 5.32 Å². The molecule has 1 N–H and O–H groups in total. The van der Waals surface area contributed by atoms with Gasteiger partial charge in [0.2, 0.25) is 0 Å². The Kier molecular flexibility index (Phi) is 5.73. The second-order valence-electron chi connectivity index (χ2n) is 4.79. The molecule has 1 aliphatic carbocycles. The Hall–Kier alpha value is -0.520. The highest BCUT2D eigenvalue weighted by molar-refractivity contribution is 9.10. The van der Waals surface area contributed by atoms with Gasteiger partial charge in [-0.05, 0) is 43.4 Å². The molecule has 0 spiro atoms. The lowest BCUT2D eigenvalue weighted by Gasteiger charge is -2.08. The van der Waals surface area contributed by atoms with E-state index in [9.17, 15) is 4.79 Å². The van der Waals surface area contributed by atoms with Gasteiger partial charge in [0.05, 0.1) is 5.56 Å². The first-order valence-corrected chi connectivity index (χ1v) is 7.75. The molecule has 0 bridgehead atoms. The fourth-order valence-corrected chi connectivity index (χ4v) is 2.56. The number of amides is 1. The molecular weight excluding hydrogens is 326 g/mol. The maximum Gasteiger partial charge on any atom is 0.252 e. The molecule has 2 rings (SSSR count). The van der Waals surface area contributed by atoms with Crippen molar-refractivity contribution in [2.75, 3.05) is 19.8 Å². The van der Waals surface area contributed by atoms with Crippen LogP contribution in [0.15, 0.2) is 27.6 Å². The first-order chi connectivity index (χ1) is 9.16. The summed E-state index contributed by atoms with van der Waals surface area (Å²) >= 11 is 7.65. The molecule has 104 valence electrons. The van der Waals surface area contributed by atoms with Gasteiger partial charge >= 0.3 is 0 Å². The predicted molar refractivity (Wildman–Crippen MR) is 81.9 cm³/mol. The molecule has 3 nitrogen and oxygen atoms in total. The lowest BCUT2D eigenvalue weighted by Crippen LogP contribution is -2.25. The Labute approximate surface area is 127 Å². The lowest BCUT2D eigenvalue weighted by atomic mass is 10.2. The van der Waals surface area contributed by atoms with Gasteiger partial charge in [0.15, 0.2) is 0 Å². The van der Waals surface area contributed by atoms with Crippen molar-refractivity contribution in [2.24, 2.45) is 5.92 Å². The number of carbonyl (C=O) groups excluding carboxylic acids is 1. The zero-order valence-electron chi connectivity index (χ0n) is 10.7. The molecule has 1 saturated carbocycles. The Bertz CT molecular complexity index is 449. The molecular formula is C14H18BrNO2S. The number of nitrogens with one attached hydrogen (secondary N) is 1. The molecule has 0 atom stereocenters. The topological polar surface area (TPSA) is 38.3 Å². The third-order valence-electron chi connectivity index (χ3n) is 3.01. The van der Waals surface area contributed by atoms with E-state index in [0.29, 0.717) is 23.6 Å². The van der Waals surface area contributed by atoms with Gasteiger partial charge in [-0.25, -0.2) is 0 Å². The molecule has 0 saturated heterocycles. The van der Waals surface area contributed by atoms with Crippen LogP contribution in [0.3, 0.4) is 0 Å². The first kappa shape index (κ1) is 14.9. The van der Waals surface area contributed by atoms with Crippen LogP contribution in [0.4, 0.5) is 0 Å². The summed E-state index contributed by atoms with van der Waals surface area (Å²) in [5.41, 5.74) is 0.602. The number of rotatable bonds is 7. The van der Waals surface area contributed by atoms with Crippen molar-refractivity contribution in [1.29, 1.82) is 0 Å². The molecule has 1 aliphatic rings. The Morgan fingerprint density at radius 3 is 2.95 bits per heavy atom. The maximum absolute atomic E-state index is 11.9. The minimum absolute atomic E-state index is 0.0836. The zero-order chi connectivity index (χ0) is 13.7. The molecule has 1 aromatic carbocycles. The van der Waals surface area contributed by atoms with Crippen LogP contribution in [-0.4, -0.2) is 25.7 Å². The highest BCUT2D eigenvalue weighted by Crippen LogP contribution is 2.28. The fraction of sp³-hybridized carbons (Fsp3) is 0.500. The van der Waals surface area contributed by atoms with E-state index in [1.54, 1.807) is 6.07 Å². The summed E-state index contributed by atoms with van der Waals surface area (Å²) in [7, 11) is 0. The van der Waals surface area contributed by atoms with Crippen molar-refractivity contribution in [3.63, 3.8) is 0 Å². The van der Waals surface area contributed by atoms with Gasteiger partial charge < -0.3 is 10.1 Å². The molecule has 0 unspecified atom stereocenters. The second-order valence-corrected chi connectivity index (χ2v) is 6.19. The standard InChI is InChI=1S/C14H18BrNO2S/c15-11-4-5-12(13(19)8-11)14(17)16-6-1-7-18-9-10-2-3-10/h4-5,8,10,19H,1-3,6-7,9H2,(H,16,17). The minimum Gasteiger partial charge on any atom is -0.381 e. The summed E-state index contributed by atoms with van der Waals surface area (Å²) in [6.07, 6.45) is 3.47. The summed E-state index contributed by atoms with van der Waals surface area (Å²) in [5, 5.41) is 2.88. The number of hydrogen-bond donors (Lipinski definition) is 2. The fourth-order valence-electron chi connectivity index (χ4n) is 1.70. The van der Waals surface area contributed by atoms with Crippen molar-refractivity contribution in [2.45, 2.75) is 24.2 Å². The summed E-state index contributed by atoms with van der Waals surface area (Å²) < 4.78 is 6.43. The first-order valence-electron chi connectivity index (χ1n) is 6.51. The number of thiol groups is 1.